The summed E-state index contributed by atoms with van der Waals surface area (Å²) in [4.78, 5) is 0. The lowest BCUT2D eigenvalue weighted by Gasteiger charge is -1.93. The first-order valence-corrected chi connectivity index (χ1v) is 4.54. The van der Waals surface area contributed by atoms with Crippen LogP contribution in [0.25, 0.3) is 0 Å². The monoisotopic (exact) mass is 206 g/mol. The second kappa shape index (κ2) is 5.49. The van der Waals surface area contributed by atoms with Crippen molar-refractivity contribution in [1.29, 1.82) is 0 Å². The molecule has 0 aliphatic carbocycles. The van der Waals surface area contributed by atoms with Gasteiger partial charge in [0.1, 0.15) is 0 Å². The Bertz CT molecular complexity index is 368. The summed E-state index contributed by atoms with van der Waals surface area (Å²) in [6.45, 7) is 4.23. The van der Waals surface area contributed by atoms with Gasteiger partial charge in [0.15, 0.2) is 0 Å². The van der Waals surface area contributed by atoms with Crippen LogP contribution in [-0.2, 0) is 4.74 Å². The zero-order valence-corrected chi connectivity index (χ0v) is 8.77. The molecule has 1 nitrogen and oxygen atoms in total. The van der Waals surface area contributed by atoms with Crippen molar-refractivity contribution >= 4 is 11.6 Å². The Morgan fingerprint density at radius 2 is 2.07 bits per heavy atom. The van der Waals surface area contributed by atoms with E-state index in [9.17, 15) is 0 Å². The van der Waals surface area contributed by atoms with E-state index in [0.717, 1.165) is 11.1 Å². The number of ether oxygens (including phenoxy) is 1. The maximum absolute atomic E-state index is 5.74. The lowest BCUT2D eigenvalue weighted by molar-refractivity contribution is 0.229. The van der Waals surface area contributed by atoms with Crippen LogP contribution < -0.4 is 0 Å². The van der Waals surface area contributed by atoms with Crippen LogP contribution in [-0.4, -0.2) is 13.7 Å². The summed E-state index contributed by atoms with van der Waals surface area (Å²) < 4.78 is 4.89. The highest BCUT2D eigenvalue weighted by Gasteiger charge is 1.88. The predicted octanol–water partition coefficient (Wildman–Crippen LogP) is 2.89. The van der Waals surface area contributed by atoms with Crippen LogP contribution in [0.5, 0.6) is 0 Å². The van der Waals surface area contributed by atoms with E-state index in [0.29, 0.717) is 11.6 Å². The molecule has 0 aliphatic rings. The molecule has 1 aromatic rings. The van der Waals surface area contributed by atoms with Crippen molar-refractivity contribution in [2.45, 2.75) is 0 Å². The molecule has 72 valence electrons. The van der Waals surface area contributed by atoms with Crippen LogP contribution in [0.4, 0.5) is 0 Å². The fraction of sp³-hybridized carbons (Fsp3) is 0.167. The maximum atomic E-state index is 5.74. The number of hydrogen-bond donors (Lipinski definition) is 0. The van der Waals surface area contributed by atoms with Crippen LogP contribution in [0.3, 0.4) is 0 Å². The van der Waals surface area contributed by atoms with Gasteiger partial charge < -0.3 is 4.74 Å². The van der Waals surface area contributed by atoms with Gasteiger partial charge in [0.2, 0.25) is 0 Å². The van der Waals surface area contributed by atoms with Crippen molar-refractivity contribution in [3.63, 3.8) is 0 Å². The van der Waals surface area contributed by atoms with Gasteiger partial charge in [-0.25, -0.2) is 0 Å². The summed E-state index contributed by atoms with van der Waals surface area (Å²) in [5.41, 5.74) is 1.69. The Labute approximate surface area is 89.3 Å². The fourth-order valence-electron chi connectivity index (χ4n) is 0.904. The highest BCUT2D eigenvalue weighted by atomic mass is 35.5. The molecule has 0 saturated heterocycles. The molecule has 0 heterocycles. The Morgan fingerprint density at radius 3 is 2.64 bits per heavy atom. The van der Waals surface area contributed by atoms with Crippen molar-refractivity contribution < 1.29 is 4.74 Å². The minimum absolute atomic E-state index is 0.473. The molecule has 14 heavy (non-hydrogen) atoms. The van der Waals surface area contributed by atoms with Gasteiger partial charge in [-0.15, -0.1) is 0 Å². The molecule has 0 N–H and O–H groups in total. The van der Waals surface area contributed by atoms with E-state index in [1.807, 2.05) is 24.3 Å². The molecule has 0 amide bonds. The van der Waals surface area contributed by atoms with Gasteiger partial charge in [-0.1, -0.05) is 30.0 Å². The first kappa shape index (κ1) is 10.8. The minimum Gasteiger partial charge on any atom is -0.379 e. The summed E-state index contributed by atoms with van der Waals surface area (Å²) in [5.74, 6) is 5.88. The maximum Gasteiger partial charge on any atom is 0.0785 e. The Hall–Kier alpha value is -1.23. The van der Waals surface area contributed by atoms with Crippen molar-refractivity contribution in [2.24, 2.45) is 0 Å². The second-order valence-electron chi connectivity index (χ2n) is 2.79. The van der Waals surface area contributed by atoms with Gasteiger partial charge in [0.25, 0.3) is 0 Å². The van der Waals surface area contributed by atoms with Gasteiger partial charge >= 0.3 is 0 Å². The van der Waals surface area contributed by atoms with E-state index < -0.39 is 0 Å². The molecule has 0 aromatic heterocycles. The van der Waals surface area contributed by atoms with Gasteiger partial charge in [-0.05, 0) is 24.3 Å². The van der Waals surface area contributed by atoms with E-state index >= 15 is 0 Å². The van der Waals surface area contributed by atoms with Gasteiger partial charge in [-0.2, -0.15) is 0 Å². The van der Waals surface area contributed by atoms with Crippen LogP contribution in [0.1, 0.15) is 5.56 Å². The quantitative estimate of drug-likeness (QED) is 0.677. The van der Waals surface area contributed by atoms with Crippen LogP contribution >= 0.6 is 11.6 Å². The molecule has 0 bridgehead atoms. The van der Waals surface area contributed by atoms with E-state index in [2.05, 4.69) is 18.4 Å². The van der Waals surface area contributed by atoms with Crippen LogP contribution in [0, 0.1) is 11.8 Å². The van der Waals surface area contributed by atoms with E-state index in [4.69, 9.17) is 16.3 Å². The highest BCUT2D eigenvalue weighted by Crippen LogP contribution is 2.08. The summed E-state index contributed by atoms with van der Waals surface area (Å²) >= 11 is 5.74. The normalized spacial score (nSPS) is 9.00. The largest absolute Gasteiger partial charge is 0.379 e. The zero-order chi connectivity index (χ0) is 10.4. The molecule has 0 unspecified atom stereocenters. The molecule has 1 aromatic carbocycles. The second-order valence-corrected chi connectivity index (χ2v) is 3.23. The topological polar surface area (TPSA) is 9.23 Å². The van der Waals surface area contributed by atoms with Crippen LogP contribution in [0.15, 0.2) is 36.4 Å². The van der Waals surface area contributed by atoms with E-state index in [1.54, 1.807) is 7.11 Å². The summed E-state index contributed by atoms with van der Waals surface area (Å²) in [6.07, 6.45) is 0. The van der Waals surface area contributed by atoms with E-state index in [1.165, 1.54) is 0 Å². The molecule has 0 saturated carbocycles. The van der Waals surface area contributed by atoms with Crippen molar-refractivity contribution in [1.82, 2.24) is 0 Å². The number of halogens is 1. The van der Waals surface area contributed by atoms with Gasteiger partial charge in [0.05, 0.1) is 6.61 Å². The van der Waals surface area contributed by atoms with Crippen molar-refractivity contribution in [2.75, 3.05) is 13.7 Å². The van der Waals surface area contributed by atoms with Gasteiger partial charge in [0, 0.05) is 23.3 Å². The zero-order valence-electron chi connectivity index (χ0n) is 8.01. The molecule has 1 rings (SSSR count). The molecule has 0 spiro atoms. The lowest BCUT2D eigenvalue weighted by Crippen LogP contribution is -1.89. The Kier molecular flexibility index (Phi) is 4.25. The van der Waals surface area contributed by atoms with E-state index in [-0.39, 0.29) is 0 Å². The third-order valence-electron chi connectivity index (χ3n) is 1.55. The molecule has 0 atom stereocenters. The summed E-state index contributed by atoms with van der Waals surface area (Å²) in [5, 5.41) is 0.714. The SMILES string of the molecule is C=C(C#Cc1ccc(Cl)cc1)COC. The number of rotatable bonds is 2. The van der Waals surface area contributed by atoms with Crippen molar-refractivity contribution in [3.8, 4) is 11.8 Å². The summed E-state index contributed by atoms with van der Waals surface area (Å²) in [7, 11) is 1.62. The van der Waals surface area contributed by atoms with Crippen molar-refractivity contribution in [3.05, 3.63) is 47.0 Å². The lowest BCUT2D eigenvalue weighted by atomic mass is 10.2. The number of benzene rings is 1. The highest BCUT2D eigenvalue weighted by molar-refractivity contribution is 6.30. The molecule has 0 radical (unpaired) electrons. The average molecular weight is 207 g/mol. The average Bonchev–Trinajstić information content (AvgIpc) is 2.17. The third kappa shape index (κ3) is 3.66. The summed E-state index contributed by atoms with van der Waals surface area (Å²) in [6, 6.07) is 7.36. The smallest absolute Gasteiger partial charge is 0.0785 e. The molecular weight excluding hydrogens is 196 g/mol. The number of methoxy groups -OCH3 is 1. The molecule has 0 aliphatic heterocycles. The molecule has 2 heteroatoms. The first-order valence-electron chi connectivity index (χ1n) is 4.16. The van der Waals surface area contributed by atoms with Crippen LogP contribution in [0.2, 0.25) is 5.02 Å². The van der Waals surface area contributed by atoms with Gasteiger partial charge in [-0.3, -0.25) is 0 Å². The Morgan fingerprint density at radius 1 is 1.43 bits per heavy atom. The predicted molar refractivity (Wildman–Crippen MR) is 59.3 cm³/mol. The Balaban J connectivity index is 2.68. The third-order valence-corrected chi connectivity index (χ3v) is 1.80. The standard InChI is InChI=1S/C12H11ClO/c1-10(9-14-2)3-4-11-5-7-12(13)8-6-11/h5-8H,1,9H2,2H3. The number of hydrogen-bond acceptors (Lipinski definition) is 1. The fourth-order valence-corrected chi connectivity index (χ4v) is 1.03. The first-order chi connectivity index (χ1) is 6.72. The molecular formula is C12H11ClO. The molecule has 0 fully saturated rings. The minimum atomic E-state index is 0.473.